The maximum atomic E-state index is 12.3. The van der Waals surface area contributed by atoms with E-state index < -0.39 is 0 Å². The monoisotopic (exact) mass is 275 g/mol. The van der Waals surface area contributed by atoms with Crippen LogP contribution in [0.5, 0.6) is 0 Å². The van der Waals surface area contributed by atoms with Gasteiger partial charge < -0.3 is 10.5 Å². The van der Waals surface area contributed by atoms with E-state index in [0.29, 0.717) is 11.6 Å². The number of nitrogen functional groups attached to an aromatic ring is 1. The number of esters is 1. The van der Waals surface area contributed by atoms with Gasteiger partial charge in [-0.25, -0.2) is 0 Å². The summed E-state index contributed by atoms with van der Waals surface area (Å²) >= 11 is 0. The molecule has 0 spiro atoms. The highest BCUT2D eigenvalue weighted by Gasteiger charge is 2.26. The first kappa shape index (κ1) is 14.9. The van der Waals surface area contributed by atoms with Gasteiger partial charge in [-0.1, -0.05) is 31.9 Å². The Labute approximate surface area is 121 Å². The van der Waals surface area contributed by atoms with Crippen molar-refractivity contribution in [3.63, 3.8) is 0 Å². The van der Waals surface area contributed by atoms with Gasteiger partial charge in [0.05, 0.1) is 5.92 Å². The largest absolute Gasteiger partial charge is 0.462 e. The van der Waals surface area contributed by atoms with Gasteiger partial charge in [0.15, 0.2) is 0 Å². The fourth-order valence-corrected chi connectivity index (χ4v) is 2.95. The Balaban J connectivity index is 1.94. The molecule has 1 aromatic carbocycles. The molecule has 20 heavy (non-hydrogen) atoms. The molecule has 0 heterocycles. The van der Waals surface area contributed by atoms with E-state index in [9.17, 15) is 4.79 Å². The zero-order valence-corrected chi connectivity index (χ0v) is 12.5. The first-order chi connectivity index (χ1) is 9.60. The Hall–Kier alpha value is -1.51. The number of carbonyl (C=O) groups excluding carboxylic acids is 1. The van der Waals surface area contributed by atoms with Crippen LogP contribution in [0.2, 0.25) is 0 Å². The zero-order valence-electron chi connectivity index (χ0n) is 12.5. The molecule has 0 amide bonds. The minimum Gasteiger partial charge on any atom is -0.462 e. The second-order valence-corrected chi connectivity index (χ2v) is 5.89. The van der Waals surface area contributed by atoms with Crippen LogP contribution in [0.1, 0.15) is 57.4 Å². The highest BCUT2D eigenvalue weighted by atomic mass is 16.5. The van der Waals surface area contributed by atoms with Gasteiger partial charge in [-0.15, -0.1) is 0 Å². The first-order valence-corrected chi connectivity index (χ1v) is 7.66. The molecule has 1 aromatic rings. The minimum atomic E-state index is -0.250. The molecule has 1 aliphatic carbocycles. The summed E-state index contributed by atoms with van der Waals surface area (Å²) in [5.41, 5.74) is 7.38. The molecule has 0 aromatic heterocycles. The van der Waals surface area contributed by atoms with Gasteiger partial charge in [0.1, 0.15) is 6.10 Å². The molecule has 1 saturated carbocycles. The van der Waals surface area contributed by atoms with E-state index in [4.69, 9.17) is 10.5 Å². The summed E-state index contributed by atoms with van der Waals surface area (Å²) in [7, 11) is 0. The highest BCUT2D eigenvalue weighted by Crippen LogP contribution is 2.30. The van der Waals surface area contributed by atoms with E-state index in [1.54, 1.807) is 0 Å². The summed E-state index contributed by atoms with van der Waals surface area (Å²) in [6.07, 6.45) is 5.75. The van der Waals surface area contributed by atoms with Crippen molar-refractivity contribution in [2.45, 2.75) is 58.0 Å². The summed E-state index contributed by atoms with van der Waals surface area (Å²) in [5.74, 6) is 0.335. The number of carbonyl (C=O) groups is 1. The third kappa shape index (κ3) is 3.75. The number of hydrogen-bond donors (Lipinski definition) is 1. The number of hydrogen-bond acceptors (Lipinski definition) is 3. The van der Waals surface area contributed by atoms with E-state index >= 15 is 0 Å². The van der Waals surface area contributed by atoms with Crippen molar-refractivity contribution in [3.8, 4) is 0 Å². The van der Waals surface area contributed by atoms with Gasteiger partial charge in [0, 0.05) is 5.69 Å². The number of anilines is 1. The van der Waals surface area contributed by atoms with E-state index in [2.05, 4.69) is 6.92 Å². The Morgan fingerprint density at radius 2 is 2.25 bits per heavy atom. The second kappa shape index (κ2) is 6.78. The fourth-order valence-electron chi connectivity index (χ4n) is 2.95. The van der Waals surface area contributed by atoms with Crippen molar-refractivity contribution in [1.82, 2.24) is 0 Å². The molecule has 0 saturated heterocycles. The lowest BCUT2D eigenvalue weighted by molar-refractivity contribution is -0.152. The molecular formula is C17H25NO2. The van der Waals surface area contributed by atoms with Crippen LogP contribution in [-0.2, 0) is 9.53 Å². The molecule has 2 rings (SSSR count). The minimum absolute atomic E-state index is 0.102. The summed E-state index contributed by atoms with van der Waals surface area (Å²) < 4.78 is 5.70. The van der Waals surface area contributed by atoms with Gasteiger partial charge >= 0.3 is 5.97 Å². The lowest BCUT2D eigenvalue weighted by atomic mass is 9.85. The van der Waals surface area contributed by atoms with Gasteiger partial charge in [0.25, 0.3) is 0 Å². The topological polar surface area (TPSA) is 52.3 Å². The predicted molar refractivity (Wildman–Crippen MR) is 81.4 cm³/mol. The third-order valence-electron chi connectivity index (χ3n) is 4.36. The van der Waals surface area contributed by atoms with E-state index in [-0.39, 0.29) is 18.0 Å². The van der Waals surface area contributed by atoms with Crippen LogP contribution >= 0.6 is 0 Å². The van der Waals surface area contributed by atoms with Crippen molar-refractivity contribution in [2.24, 2.45) is 5.92 Å². The molecular weight excluding hydrogens is 250 g/mol. The summed E-state index contributed by atoms with van der Waals surface area (Å²) in [5, 5.41) is 0. The maximum Gasteiger partial charge on any atom is 0.313 e. The lowest BCUT2D eigenvalue weighted by Gasteiger charge is -2.29. The van der Waals surface area contributed by atoms with Gasteiger partial charge in [-0.3, -0.25) is 4.79 Å². The van der Waals surface area contributed by atoms with Crippen LogP contribution in [0.25, 0.3) is 0 Å². The summed E-state index contributed by atoms with van der Waals surface area (Å²) in [4.78, 5) is 12.3. The predicted octanol–water partition coefficient (Wildman–Crippen LogP) is 3.88. The van der Waals surface area contributed by atoms with Crippen LogP contribution in [0.4, 0.5) is 5.69 Å². The van der Waals surface area contributed by atoms with Crippen LogP contribution in [0.3, 0.4) is 0 Å². The van der Waals surface area contributed by atoms with E-state index in [1.165, 1.54) is 19.3 Å². The molecule has 3 heteroatoms. The van der Waals surface area contributed by atoms with Gasteiger partial charge in [-0.05, 0) is 49.8 Å². The highest BCUT2D eigenvalue weighted by molar-refractivity contribution is 5.78. The normalized spacial score (nSPS) is 24.1. The standard InChI is InChI=1S/C17H25NO2/c1-3-13-6-4-9-16(10-13)20-17(19)12(2)14-7-5-8-15(18)11-14/h5,7-8,11-13,16H,3-4,6,9-10,18H2,1-2H3. The van der Waals surface area contributed by atoms with Crippen LogP contribution in [0, 0.1) is 5.92 Å². The average Bonchev–Trinajstić information content (AvgIpc) is 2.46. The van der Waals surface area contributed by atoms with Crippen LogP contribution in [0.15, 0.2) is 24.3 Å². The second-order valence-electron chi connectivity index (χ2n) is 5.89. The maximum absolute atomic E-state index is 12.3. The van der Waals surface area contributed by atoms with Gasteiger partial charge in [0.2, 0.25) is 0 Å². The number of rotatable bonds is 4. The molecule has 0 bridgehead atoms. The molecule has 3 nitrogen and oxygen atoms in total. The number of benzene rings is 1. The molecule has 1 aliphatic rings. The molecule has 110 valence electrons. The van der Waals surface area contributed by atoms with Crippen LogP contribution < -0.4 is 5.73 Å². The molecule has 1 fully saturated rings. The van der Waals surface area contributed by atoms with E-state index in [0.717, 1.165) is 18.4 Å². The molecule has 3 unspecified atom stereocenters. The van der Waals surface area contributed by atoms with Gasteiger partial charge in [-0.2, -0.15) is 0 Å². The Bertz CT molecular complexity index is 458. The number of ether oxygens (including phenoxy) is 1. The number of nitrogens with two attached hydrogens (primary N) is 1. The van der Waals surface area contributed by atoms with Crippen molar-refractivity contribution in [3.05, 3.63) is 29.8 Å². The molecule has 3 atom stereocenters. The molecule has 0 aliphatic heterocycles. The molecule has 2 N–H and O–H groups in total. The van der Waals surface area contributed by atoms with Crippen molar-refractivity contribution >= 4 is 11.7 Å². The summed E-state index contributed by atoms with van der Waals surface area (Å²) in [6.45, 7) is 4.10. The first-order valence-electron chi connectivity index (χ1n) is 7.66. The average molecular weight is 275 g/mol. The fraction of sp³-hybridized carbons (Fsp3) is 0.588. The Kier molecular flexibility index (Phi) is 5.05. The zero-order chi connectivity index (χ0) is 14.5. The third-order valence-corrected chi connectivity index (χ3v) is 4.36. The lowest BCUT2D eigenvalue weighted by Crippen LogP contribution is -2.27. The van der Waals surface area contributed by atoms with Crippen molar-refractivity contribution in [2.75, 3.05) is 5.73 Å². The van der Waals surface area contributed by atoms with Crippen molar-refractivity contribution in [1.29, 1.82) is 0 Å². The van der Waals surface area contributed by atoms with Crippen molar-refractivity contribution < 1.29 is 9.53 Å². The van der Waals surface area contributed by atoms with Crippen LogP contribution in [-0.4, -0.2) is 12.1 Å². The quantitative estimate of drug-likeness (QED) is 0.670. The Morgan fingerprint density at radius 1 is 1.45 bits per heavy atom. The van der Waals surface area contributed by atoms with E-state index in [1.807, 2.05) is 31.2 Å². The molecule has 0 radical (unpaired) electrons. The summed E-state index contributed by atoms with van der Waals surface area (Å²) in [6, 6.07) is 7.48. The SMILES string of the molecule is CCC1CCCC(OC(=O)C(C)c2cccc(N)c2)C1. The smallest absolute Gasteiger partial charge is 0.313 e. The Morgan fingerprint density at radius 3 is 2.95 bits per heavy atom.